The lowest BCUT2D eigenvalue weighted by Gasteiger charge is -1.96. The van der Waals surface area contributed by atoms with Crippen LogP contribution in [-0.4, -0.2) is 4.40 Å². The smallest absolute Gasteiger partial charge is 0.0463 e. The molecule has 0 unspecified atom stereocenters. The first-order chi connectivity index (χ1) is 5.27. The van der Waals surface area contributed by atoms with Gasteiger partial charge >= 0.3 is 0 Å². The minimum atomic E-state index is 1.27. The molecule has 2 heteroatoms. The van der Waals surface area contributed by atoms with Crippen molar-refractivity contribution in [1.29, 1.82) is 0 Å². The van der Waals surface area contributed by atoms with Gasteiger partial charge in [0.05, 0.1) is 0 Å². The molecule has 2 aromatic heterocycles. The number of nitrogens with zero attached hydrogens (tertiary/aromatic N) is 1. The van der Waals surface area contributed by atoms with Gasteiger partial charge in [-0.2, -0.15) is 0 Å². The predicted molar refractivity (Wildman–Crippen MR) is 54.9 cm³/mol. The van der Waals surface area contributed by atoms with Crippen molar-refractivity contribution in [2.75, 3.05) is 0 Å². The maximum atomic E-state index is 2.32. The molecule has 0 saturated heterocycles. The van der Waals surface area contributed by atoms with Gasteiger partial charge in [-0.25, -0.2) is 0 Å². The van der Waals surface area contributed by atoms with Gasteiger partial charge in [-0.05, 0) is 53.8 Å². The average molecular weight is 257 g/mol. The van der Waals surface area contributed by atoms with E-state index in [0.29, 0.717) is 0 Å². The molecular formula is C9H8IN. The Balaban J connectivity index is 2.86. The molecule has 0 spiro atoms. The van der Waals surface area contributed by atoms with Gasteiger partial charge in [0, 0.05) is 21.0 Å². The third-order valence-corrected chi connectivity index (χ3v) is 2.49. The molecule has 0 aliphatic carbocycles. The summed E-state index contributed by atoms with van der Waals surface area (Å²) in [7, 11) is 0. The van der Waals surface area contributed by atoms with Crippen molar-refractivity contribution in [3.05, 3.63) is 39.7 Å². The summed E-state index contributed by atoms with van der Waals surface area (Å²) in [5.74, 6) is 0. The highest BCUT2D eigenvalue weighted by atomic mass is 127. The molecule has 0 aliphatic rings. The largest absolute Gasteiger partial charge is 0.321 e. The third kappa shape index (κ3) is 1.15. The molecule has 56 valence electrons. The molecule has 11 heavy (non-hydrogen) atoms. The Hall–Kier alpha value is -0.510. The summed E-state index contributed by atoms with van der Waals surface area (Å²) in [6.45, 7) is 2.11. The van der Waals surface area contributed by atoms with Crippen LogP contribution in [0, 0.1) is 10.5 Å². The predicted octanol–water partition coefficient (Wildman–Crippen LogP) is 2.85. The first-order valence-corrected chi connectivity index (χ1v) is 4.58. The Bertz CT molecular complexity index is 389. The first-order valence-electron chi connectivity index (χ1n) is 3.50. The van der Waals surface area contributed by atoms with Gasteiger partial charge in [0.2, 0.25) is 0 Å². The maximum absolute atomic E-state index is 2.32. The maximum Gasteiger partial charge on any atom is 0.0463 e. The van der Waals surface area contributed by atoms with Crippen molar-refractivity contribution < 1.29 is 0 Å². The van der Waals surface area contributed by atoms with Crippen molar-refractivity contribution in [2.24, 2.45) is 0 Å². The van der Waals surface area contributed by atoms with Gasteiger partial charge in [0.15, 0.2) is 0 Å². The van der Waals surface area contributed by atoms with Gasteiger partial charge in [-0.3, -0.25) is 0 Å². The number of rotatable bonds is 0. The molecule has 2 aromatic rings. The van der Waals surface area contributed by atoms with Crippen LogP contribution in [-0.2, 0) is 0 Å². The molecule has 0 atom stereocenters. The number of aryl methyl sites for hydroxylation is 1. The fraction of sp³-hybridized carbons (Fsp3) is 0.111. The molecule has 0 N–H and O–H groups in total. The van der Waals surface area contributed by atoms with Crippen LogP contribution in [0.2, 0.25) is 0 Å². The van der Waals surface area contributed by atoms with Crippen LogP contribution in [0.25, 0.3) is 5.52 Å². The zero-order valence-corrected chi connectivity index (χ0v) is 8.37. The van der Waals surface area contributed by atoms with Gasteiger partial charge in [-0.1, -0.05) is 0 Å². The molecule has 1 nitrogen and oxygen atoms in total. The van der Waals surface area contributed by atoms with E-state index in [4.69, 9.17) is 0 Å². The van der Waals surface area contributed by atoms with Crippen molar-refractivity contribution in [3.8, 4) is 0 Å². The SMILES string of the molecule is Cc1ccc2cc(I)ccn12. The molecule has 0 aliphatic heterocycles. The lowest BCUT2D eigenvalue weighted by atomic mass is 10.4. The Morgan fingerprint density at radius 2 is 2.09 bits per heavy atom. The zero-order chi connectivity index (χ0) is 7.84. The van der Waals surface area contributed by atoms with Crippen LogP contribution in [0.4, 0.5) is 0 Å². The molecular weight excluding hydrogens is 249 g/mol. The second kappa shape index (κ2) is 2.52. The minimum absolute atomic E-state index is 1.27. The van der Waals surface area contributed by atoms with E-state index in [-0.39, 0.29) is 0 Å². The molecule has 0 bridgehead atoms. The summed E-state index contributed by atoms with van der Waals surface area (Å²) >= 11 is 2.32. The monoisotopic (exact) mass is 257 g/mol. The minimum Gasteiger partial charge on any atom is -0.321 e. The Morgan fingerprint density at radius 3 is 2.91 bits per heavy atom. The number of hydrogen-bond donors (Lipinski definition) is 0. The van der Waals surface area contributed by atoms with Crippen LogP contribution in [0.5, 0.6) is 0 Å². The molecule has 2 rings (SSSR count). The second-order valence-electron chi connectivity index (χ2n) is 2.61. The molecule has 0 radical (unpaired) electrons. The van der Waals surface area contributed by atoms with Crippen LogP contribution in [0.15, 0.2) is 30.5 Å². The van der Waals surface area contributed by atoms with E-state index in [9.17, 15) is 0 Å². The van der Waals surface area contributed by atoms with E-state index in [2.05, 4.69) is 64.4 Å². The van der Waals surface area contributed by atoms with Crippen molar-refractivity contribution in [1.82, 2.24) is 4.40 Å². The van der Waals surface area contributed by atoms with Gasteiger partial charge < -0.3 is 4.40 Å². The van der Waals surface area contributed by atoms with E-state index < -0.39 is 0 Å². The Morgan fingerprint density at radius 1 is 1.27 bits per heavy atom. The highest BCUT2D eigenvalue weighted by Crippen LogP contribution is 2.12. The lowest BCUT2D eigenvalue weighted by molar-refractivity contribution is 1.11. The number of hydrogen-bond acceptors (Lipinski definition) is 0. The first kappa shape index (κ1) is 7.16. The summed E-state index contributed by atoms with van der Waals surface area (Å²) in [5, 5.41) is 0. The van der Waals surface area contributed by atoms with E-state index in [0.717, 1.165) is 0 Å². The standard InChI is InChI=1S/C9H8IN/c1-7-2-3-9-6-8(10)4-5-11(7)9/h2-6H,1H3. The molecule has 0 amide bonds. The van der Waals surface area contributed by atoms with Crippen molar-refractivity contribution in [3.63, 3.8) is 0 Å². The zero-order valence-electron chi connectivity index (χ0n) is 6.21. The average Bonchev–Trinajstić information content (AvgIpc) is 2.32. The van der Waals surface area contributed by atoms with Crippen LogP contribution < -0.4 is 0 Å². The van der Waals surface area contributed by atoms with Crippen molar-refractivity contribution >= 4 is 28.1 Å². The third-order valence-electron chi connectivity index (χ3n) is 1.82. The molecule has 2 heterocycles. The van der Waals surface area contributed by atoms with Crippen molar-refractivity contribution in [2.45, 2.75) is 6.92 Å². The number of fused-ring (bicyclic) bond motifs is 1. The Kier molecular flexibility index (Phi) is 1.64. The fourth-order valence-corrected chi connectivity index (χ4v) is 1.71. The number of aromatic nitrogens is 1. The highest BCUT2D eigenvalue weighted by molar-refractivity contribution is 14.1. The fourth-order valence-electron chi connectivity index (χ4n) is 1.23. The molecule has 0 fully saturated rings. The van der Waals surface area contributed by atoms with Gasteiger partial charge in [0.1, 0.15) is 0 Å². The van der Waals surface area contributed by atoms with E-state index in [1.165, 1.54) is 14.8 Å². The van der Waals surface area contributed by atoms with E-state index >= 15 is 0 Å². The Labute approximate surface area is 79.2 Å². The molecule has 0 saturated carbocycles. The van der Waals surface area contributed by atoms with Crippen LogP contribution in [0.1, 0.15) is 5.69 Å². The summed E-state index contributed by atoms with van der Waals surface area (Å²) in [5.41, 5.74) is 2.56. The quantitative estimate of drug-likeness (QED) is 0.639. The van der Waals surface area contributed by atoms with Crippen LogP contribution >= 0.6 is 22.6 Å². The van der Waals surface area contributed by atoms with Crippen LogP contribution in [0.3, 0.4) is 0 Å². The summed E-state index contributed by atoms with van der Waals surface area (Å²) < 4.78 is 3.47. The number of pyridine rings is 1. The summed E-state index contributed by atoms with van der Waals surface area (Å²) in [6.07, 6.45) is 2.10. The normalized spacial score (nSPS) is 10.7. The highest BCUT2D eigenvalue weighted by Gasteiger charge is 1.95. The lowest BCUT2D eigenvalue weighted by Crippen LogP contribution is -1.85. The van der Waals surface area contributed by atoms with Gasteiger partial charge in [-0.15, -0.1) is 0 Å². The van der Waals surface area contributed by atoms with Gasteiger partial charge in [0.25, 0.3) is 0 Å². The second-order valence-corrected chi connectivity index (χ2v) is 3.86. The number of halogens is 1. The van der Waals surface area contributed by atoms with E-state index in [1.807, 2.05) is 0 Å². The summed E-state index contributed by atoms with van der Waals surface area (Å²) in [4.78, 5) is 0. The van der Waals surface area contributed by atoms with E-state index in [1.54, 1.807) is 0 Å². The summed E-state index contributed by atoms with van der Waals surface area (Å²) in [6, 6.07) is 8.55. The molecule has 0 aromatic carbocycles. The topological polar surface area (TPSA) is 4.41 Å².